The van der Waals surface area contributed by atoms with Crippen LogP contribution in [-0.2, 0) is 27.1 Å². The Hall–Kier alpha value is -3.40. The molecule has 0 radical (unpaired) electrons. The van der Waals surface area contributed by atoms with Gasteiger partial charge in [-0.2, -0.15) is 0 Å². The maximum atomic E-state index is 14.8. The van der Waals surface area contributed by atoms with Crippen molar-refractivity contribution in [1.29, 1.82) is 0 Å². The molecule has 3 aromatic carbocycles. The Kier molecular flexibility index (Phi) is 6.94. The highest BCUT2D eigenvalue weighted by molar-refractivity contribution is 6.35. The zero-order valence-electron chi connectivity index (χ0n) is 26.8. The summed E-state index contributed by atoms with van der Waals surface area (Å²) in [5.41, 5.74) is 0.818. The number of phenols is 2. The number of fused-ring (bicyclic) bond motifs is 1. The second-order valence-electron chi connectivity index (χ2n) is 15.8. The van der Waals surface area contributed by atoms with Crippen LogP contribution in [0.5, 0.6) is 11.5 Å². The highest BCUT2D eigenvalue weighted by atomic mass is 16.3. The molecular formula is C37H46O4. The van der Waals surface area contributed by atoms with E-state index in [1.165, 1.54) is 0 Å². The van der Waals surface area contributed by atoms with E-state index >= 15 is 0 Å². The summed E-state index contributed by atoms with van der Waals surface area (Å²) < 4.78 is 0. The number of Topliss-reactive ketones (excluding diaryl/α,β-unsaturated/α-hetero) is 2. The Morgan fingerprint density at radius 3 is 1.29 bits per heavy atom. The molecule has 3 aromatic rings. The standard InChI is InChI=1S/C37H46O4/c1-33(2,3)21-17-25(34(4,5)6)30(39)28(18-21)37(31(40)23-15-13-14-16-24(23)32(37)41)22-19-26(35(7,8)9)29(38)27(20-22)36(10,11)12/h13-20,38-39H,1-12H3. The highest BCUT2D eigenvalue weighted by Crippen LogP contribution is 2.53. The van der Waals surface area contributed by atoms with E-state index in [1.807, 2.05) is 86.6 Å². The van der Waals surface area contributed by atoms with E-state index in [-0.39, 0.29) is 28.5 Å². The Bertz CT molecular complexity index is 1490. The summed E-state index contributed by atoms with van der Waals surface area (Å²) in [5, 5.41) is 23.6. The number of rotatable bonds is 2. The molecule has 0 amide bonds. The monoisotopic (exact) mass is 554 g/mol. The Labute approximate surface area is 245 Å². The van der Waals surface area contributed by atoms with Gasteiger partial charge in [0.2, 0.25) is 0 Å². The number of carbonyl (C=O) groups is 2. The highest BCUT2D eigenvalue weighted by Gasteiger charge is 2.57. The number of benzene rings is 3. The van der Waals surface area contributed by atoms with Crippen LogP contribution in [0, 0.1) is 0 Å². The normalized spacial score (nSPS) is 15.8. The van der Waals surface area contributed by atoms with E-state index in [2.05, 4.69) is 20.8 Å². The summed E-state index contributed by atoms with van der Waals surface area (Å²) in [4.78, 5) is 29.6. The van der Waals surface area contributed by atoms with Gasteiger partial charge in [-0.25, -0.2) is 0 Å². The smallest absolute Gasteiger partial charge is 0.186 e. The summed E-state index contributed by atoms with van der Waals surface area (Å²) in [6.45, 7) is 24.4. The topological polar surface area (TPSA) is 74.6 Å². The van der Waals surface area contributed by atoms with E-state index in [1.54, 1.807) is 24.3 Å². The first-order valence-corrected chi connectivity index (χ1v) is 14.5. The Morgan fingerprint density at radius 1 is 0.537 bits per heavy atom. The van der Waals surface area contributed by atoms with Crippen molar-refractivity contribution < 1.29 is 19.8 Å². The van der Waals surface area contributed by atoms with Gasteiger partial charge >= 0.3 is 0 Å². The maximum absolute atomic E-state index is 14.8. The summed E-state index contributed by atoms with van der Waals surface area (Å²) >= 11 is 0. The van der Waals surface area contributed by atoms with Gasteiger partial charge in [-0.1, -0.05) is 113 Å². The number of hydrogen-bond donors (Lipinski definition) is 2. The average Bonchev–Trinajstić information content (AvgIpc) is 3.04. The fourth-order valence-electron chi connectivity index (χ4n) is 5.97. The number of aromatic hydroxyl groups is 2. The molecule has 0 aromatic heterocycles. The van der Waals surface area contributed by atoms with E-state index in [0.29, 0.717) is 38.9 Å². The zero-order chi connectivity index (χ0) is 31.1. The first-order valence-electron chi connectivity index (χ1n) is 14.5. The summed E-state index contributed by atoms with van der Waals surface area (Å²) in [7, 11) is 0. The minimum atomic E-state index is -1.82. The molecular weight excluding hydrogens is 508 g/mol. The molecule has 0 aliphatic heterocycles. The molecule has 0 unspecified atom stereocenters. The molecule has 0 bridgehead atoms. The van der Waals surface area contributed by atoms with Crippen molar-refractivity contribution in [2.75, 3.05) is 0 Å². The number of hydrogen-bond acceptors (Lipinski definition) is 4. The van der Waals surface area contributed by atoms with Crippen molar-refractivity contribution in [2.45, 2.75) is 110 Å². The molecule has 0 saturated heterocycles. The summed E-state index contributed by atoms with van der Waals surface area (Å²) in [6.07, 6.45) is 0. The minimum absolute atomic E-state index is 0.0392. The van der Waals surface area contributed by atoms with Crippen molar-refractivity contribution >= 4 is 11.6 Å². The van der Waals surface area contributed by atoms with E-state index in [4.69, 9.17) is 0 Å². The summed E-state index contributed by atoms with van der Waals surface area (Å²) in [6, 6.07) is 14.4. The van der Waals surface area contributed by atoms with Gasteiger partial charge in [0.1, 0.15) is 16.9 Å². The lowest BCUT2D eigenvalue weighted by Gasteiger charge is -2.36. The molecule has 4 nitrogen and oxygen atoms in total. The van der Waals surface area contributed by atoms with Crippen LogP contribution in [0.15, 0.2) is 48.5 Å². The van der Waals surface area contributed by atoms with Crippen LogP contribution in [0.25, 0.3) is 0 Å². The summed E-state index contributed by atoms with van der Waals surface area (Å²) in [5.74, 6) is -0.584. The van der Waals surface area contributed by atoms with Crippen molar-refractivity contribution in [3.8, 4) is 11.5 Å². The molecule has 4 heteroatoms. The van der Waals surface area contributed by atoms with Crippen molar-refractivity contribution in [3.05, 3.63) is 93.0 Å². The number of ketones is 2. The van der Waals surface area contributed by atoms with E-state index < -0.39 is 21.7 Å². The van der Waals surface area contributed by atoms with Crippen LogP contribution in [0.4, 0.5) is 0 Å². The molecule has 1 aliphatic carbocycles. The van der Waals surface area contributed by atoms with Gasteiger partial charge in [-0.15, -0.1) is 0 Å². The van der Waals surface area contributed by atoms with Crippen LogP contribution in [0.1, 0.15) is 137 Å². The Morgan fingerprint density at radius 2 is 0.927 bits per heavy atom. The van der Waals surface area contributed by atoms with E-state index in [9.17, 15) is 19.8 Å². The molecule has 0 saturated carbocycles. The molecule has 0 spiro atoms. The quantitative estimate of drug-likeness (QED) is 0.311. The van der Waals surface area contributed by atoms with Crippen molar-refractivity contribution in [1.82, 2.24) is 0 Å². The van der Waals surface area contributed by atoms with Gasteiger partial charge in [0.15, 0.2) is 11.6 Å². The third-order valence-electron chi connectivity index (χ3n) is 8.44. The fourth-order valence-corrected chi connectivity index (χ4v) is 5.97. The van der Waals surface area contributed by atoms with Gasteiger partial charge in [0, 0.05) is 16.7 Å². The average molecular weight is 555 g/mol. The van der Waals surface area contributed by atoms with Crippen LogP contribution < -0.4 is 0 Å². The SMILES string of the molecule is CC(C)(C)c1cc(C(C)(C)C)c(O)c(C2(c3cc(C(C)(C)C)c(O)c(C(C)(C)C)c3)C(=O)c3ccccc3C2=O)c1. The van der Waals surface area contributed by atoms with Gasteiger partial charge in [0.25, 0.3) is 0 Å². The third-order valence-corrected chi connectivity index (χ3v) is 8.44. The number of phenolic OH excluding ortho intramolecular Hbond substituents is 2. The Balaban J connectivity index is 2.30. The lowest BCUT2D eigenvalue weighted by molar-refractivity contribution is 0.0825. The van der Waals surface area contributed by atoms with Gasteiger partial charge in [-0.05, 0) is 67.7 Å². The predicted octanol–water partition coefficient (Wildman–Crippen LogP) is 8.65. The molecule has 0 heterocycles. The van der Waals surface area contributed by atoms with Crippen LogP contribution in [0.3, 0.4) is 0 Å². The first-order chi connectivity index (χ1) is 18.5. The van der Waals surface area contributed by atoms with Gasteiger partial charge in [0.05, 0.1) is 0 Å². The van der Waals surface area contributed by atoms with Crippen LogP contribution in [-0.4, -0.2) is 21.8 Å². The minimum Gasteiger partial charge on any atom is -0.507 e. The van der Waals surface area contributed by atoms with Crippen molar-refractivity contribution in [2.24, 2.45) is 0 Å². The second-order valence-corrected chi connectivity index (χ2v) is 15.8. The molecule has 218 valence electrons. The van der Waals surface area contributed by atoms with Crippen LogP contribution >= 0.6 is 0 Å². The molecule has 41 heavy (non-hydrogen) atoms. The predicted molar refractivity (Wildman–Crippen MR) is 167 cm³/mol. The first kappa shape index (κ1) is 30.6. The van der Waals surface area contributed by atoms with Gasteiger partial charge in [-0.3, -0.25) is 9.59 Å². The lowest BCUT2D eigenvalue weighted by atomic mass is 9.65. The van der Waals surface area contributed by atoms with Crippen LogP contribution in [0.2, 0.25) is 0 Å². The maximum Gasteiger partial charge on any atom is 0.186 e. The third kappa shape index (κ3) is 4.79. The lowest BCUT2D eigenvalue weighted by Crippen LogP contribution is -2.41. The van der Waals surface area contributed by atoms with E-state index in [0.717, 1.165) is 5.56 Å². The second kappa shape index (κ2) is 9.31. The fraction of sp³-hybridized carbons (Fsp3) is 0.459. The molecule has 4 rings (SSSR count). The molecule has 0 atom stereocenters. The number of carbonyl (C=O) groups excluding carboxylic acids is 2. The largest absolute Gasteiger partial charge is 0.507 e. The van der Waals surface area contributed by atoms with Crippen molar-refractivity contribution in [3.63, 3.8) is 0 Å². The molecule has 2 N–H and O–H groups in total. The zero-order valence-corrected chi connectivity index (χ0v) is 26.8. The van der Waals surface area contributed by atoms with Gasteiger partial charge < -0.3 is 10.2 Å². The molecule has 1 aliphatic rings. The molecule has 0 fully saturated rings.